The lowest BCUT2D eigenvalue weighted by atomic mass is 9.86. The molecule has 2 N–H and O–H groups in total. The molecule has 32 heavy (non-hydrogen) atoms. The second-order valence-corrected chi connectivity index (χ2v) is 8.66. The van der Waals surface area contributed by atoms with Gasteiger partial charge in [0.25, 0.3) is 0 Å². The number of aliphatic hydroxyl groups is 1. The van der Waals surface area contributed by atoms with Crippen molar-refractivity contribution in [1.82, 2.24) is 0 Å². The number of aliphatic hydroxyl groups excluding tert-OH is 1. The molecule has 2 rings (SSSR count). The highest BCUT2D eigenvalue weighted by Gasteiger charge is 2.20. The summed E-state index contributed by atoms with van der Waals surface area (Å²) in [6, 6.07) is 14.6. The molecule has 0 aliphatic carbocycles. The molecule has 2 aromatic rings. The Bertz CT molecular complexity index is 883. The maximum Gasteiger partial charge on any atom is 0.333 e. The van der Waals surface area contributed by atoms with Gasteiger partial charge in [0.1, 0.15) is 25.1 Å². The minimum atomic E-state index is -0.906. The van der Waals surface area contributed by atoms with Gasteiger partial charge in [-0.05, 0) is 43.4 Å². The number of phenols is 1. The Hall–Kier alpha value is -2.99. The molecule has 0 fully saturated rings. The zero-order valence-electron chi connectivity index (χ0n) is 19.3. The van der Waals surface area contributed by atoms with Gasteiger partial charge in [0.05, 0.1) is 6.61 Å². The summed E-state index contributed by atoms with van der Waals surface area (Å²) in [5.74, 6) is 0.809. The molecule has 0 bridgehead atoms. The Balaban J connectivity index is 1.68. The third-order valence-corrected chi connectivity index (χ3v) is 4.78. The predicted octanol–water partition coefficient (Wildman–Crippen LogP) is 4.78. The number of phenolic OH excluding ortho intramolecular Hbond substituents is 1. The predicted molar refractivity (Wildman–Crippen MR) is 124 cm³/mol. The van der Waals surface area contributed by atoms with Crippen LogP contribution in [0.2, 0.25) is 0 Å². The summed E-state index contributed by atoms with van der Waals surface area (Å²) in [6.07, 6.45) is 2.18. The maximum absolute atomic E-state index is 12.1. The lowest BCUT2D eigenvalue weighted by Crippen LogP contribution is -2.25. The van der Waals surface area contributed by atoms with Gasteiger partial charge in [0, 0.05) is 11.1 Å². The molecule has 1 atom stereocenters. The van der Waals surface area contributed by atoms with Crippen LogP contribution >= 0.6 is 0 Å². The Morgan fingerprint density at radius 2 is 1.75 bits per heavy atom. The van der Waals surface area contributed by atoms with E-state index in [0.717, 1.165) is 5.56 Å². The van der Waals surface area contributed by atoms with E-state index in [0.29, 0.717) is 36.5 Å². The number of unbranched alkanes of at least 4 members (excludes halogenated alkanes) is 1. The number of rotatable bonds is 11. The Labute approximate surface area is 190 Å². The summed E-state index contributed by atoms with van der Waals surface area (Å²) in [4.78, 5) is 12.1. The van der Waals surface area contributed by atoms with Crippen LogP contribution < -0.4 is 9.47 Å². The summed E-state index contributed by atoms with van der Waals surface area (Å²) in [6.45, 7) is 8.10. The third-order valence-electron chi connectivity index (χ3n) is 4.78. The highest BCUT2D eigenvalue weighted by Crippen LogP contribution is 2.37. The van der Waals surface area contributed by atoms with E-state index < -0.39 is 12.1 Å². The van der Waals surface area contributed by atoms with Crippen LogP contribution in [0, 0.1) is 0 Å². The van der Waals surface area contributed by atoms with Crippen LogP contribution in [0.15, 0.2) is 60.2 Å². The Kier molecular flexibility index (Phi) is 9.60. The topological polar surface area (TPSA) is 85.2 Å². The summed E-state index contributed by atoms with van der Waals surface area (Å²) in [5.41, 5.74) is 1.13. The lowest BCUT2D eigenvalue weighted by molar-refractivity contribution is -0.142. The normalized spacial score (nSPS) is 12.8. The molecule has 174 valence electrons. The molecule has 6 heteroatoms. The molecule has 0 radical (unpaired) electrons. The van der Waals surface area contributed by atoms with Crippen molar-refractivity contribution in [2.45, 2.75) is 52.1 Å². The fraction of sp³-hybridized carbons (Fsp3) is 0.423. The molecule has 0 saturated carbocycles. The van der Waals surface area contributed by atoms with Crippen LogP contribution in [0.3, 0.4) is 0 Å². The number of carbonyl (C=O) groups excluding carboxylic acids is 1. The molecular weight excluding hydrogens is 408 g/mol. The Morgan fingerprint density at radius 3 is 2.44 bits per heavy atom. The number of ether oxygens (including phenoxy) is 3. The second-order valence-electron chi connectivity index (χ2n) is 8.66. The van der Waals surface area contributed by atoms with Gasteiger partial charge in [0.2, 0.25) is 0 Å². The first-order valence-corrected chi connectivity index (χ1v) is 10.8. The van der Waals surface area contributed by atoms with E-state index in [1.165, 1.54) is 0 Å². The highest BCUT2D eigenvalue weighted by atomic mass is 16.5. The molecule has 0 saturated heterocycles. The minimum absolute atomic E-state index is 0.0423. The van der Waals surface area contributed by atoms with E-state index in [2.05, 4.69) is 0 Å². The van der Waals surface area contributed by atoms with Crippen LogP contribution in [-0.4, -0.2) is 42.1 Å². The number of benzene rings is 2. The van der Waals surface area contributed by atoms with E-state index in [1.54, 1.807) is 31.2 Å². The minimum Gasteiger partial charge on any atom is -0.504 e. The highest BCUT2D eigenvalue weighted by molar-refractivity contribution is 5.87. The quantitative estimate of drug-likeness (QED) is 0.296. The van der Waals surface area contributed by atoms with Gasteiger partial charge in [-0.2, -0.15) is 0 Å². The van der Waals surface area contributed by atoms with E-state index in [1.807, 2.05) is 51.1 Å². The molecule has 0 heterocycles. The number of para-hydroxylation sites is 2. The second kappa shape index (κ2) is 12.2. The fourth-order valence-corrected chi connectivity index (χ4v) is 2.95. The van der Waals surface area contributed by atoms with Crippen molar-refractivity contribution in [3.63, 3.8) is 0 Å². The molecule has 2 aromatic carbocycles. The van der Waals surface area contributed by atoms with Gasteiger partial charge in [-0.3, -0.25) is 0 Å². The molecule has 0 aromatic heterocycles. The molecule has 0 aliphatic rings. The van der Waals surface area contributed by atoms with Crippen LogP contribution in [0.1, 0.15) is 46.1 Å². The van der Waals surface area contributed by atoms with E-state index in [4.69, 9.17) is 14.2 Å². The molecular formula is C26H34O6. The first kappa shape index (κ1) is 25.3. The SMILES string of the molecule is CC(=CCCCOc1cccc(C(C)(C)C)c1O)C(=O)OCC(O)COc1ccccc1. The number of esters is 1. The van der Waals surface area contributed by atoms with Gasteiger partial charge in [-0.15, -0.1) is 0 Å². The molecule has 0 spiro atoms. The summed E-state index contributed by atoms with van der Waals surface area (Å²) in [7, 11) is 0. The summed E-state index contributed by atoms with van der Waals surface area (Å²) >= 11 is 0. The number of hydrogen-bond acceptors (Lipinski definition) is 6. The molecule has 0 aliphatic heterocycles. The zero-order valence-corrected chi connectivity index (χ0v) is 19.3. The monoisotopic (exact) mass is 442 g/mol. The van der Waals surface area contributed by atoms with E-state index >= 15 is 0 Å². The number of carbonyl (C=O) groups is 1. The molecule has 0 amide bonds. The van der Waals surface area contributed by atoms with Crippen molar-refractivity contribution in [3.8, 4) is 17.2 Å². The number of allylic oxidation sites excluding steroid dienone is 1. The van der Waals surface area contributed by atoms with Crippen molar-refractivity contribution >= 4 is 5.97 Å². The van der Waals surface area contributed by atoms with Gasteiger partial charge in [-0.1, -0.05) is 57.2 Å². The van der Waals surface area contributed by atoms with Crippen LogP contribution in [0.25, 0.3) is 0 Å². The summed E-state index contributed by atoms with van der Waals surface area (Å²) < 4.78 is 16.3. The standard InChI is InChI=1S/C26H34O6/c1-19(25(29)32-18-20(27)17-31-21-12-6-5-7-13-21)11-8-9-16-30-23-15-10-14-22(24(23)28)26(2,3)4/h5-7,10-15,20,27-28H,8-9,16-18H2,1-4H3. The van der Waals surface area contributed by atoms with Gasteiger partial charge < -0.3 is 24.4 Å². The molecule has 1 unspecified atom stereocenters. The van der Waals surface area contributed by atoms with Gasteiger partial charge >= 0.3 is 5.97 Å². The van der Waals surface area contributed by atoms with Crippen molar-refractivity contribution in [1.29, 1.82) is 0 Å². The van der Waals surface area contributed by atoms with Crippen molar-refractivity contribution in [2.75, 3.05) is 19.8 Å². The number of hydrogen-bond donors (Lipinski definition) is 2. The maximum atomic E-state index is 12.1. The summed E-state index contributed by atoms with van der Waals surface area (Å²) in [5, 5.41) is 20.4. The van der Waals surface area contributed by atoms with E-state index in [-0.39, 0.29) is 24.4 Å². The van der Waals surface area contributed by atoms with Gasteiger partial charge in [0.15, 0.2) is 11.5 Å². The van der Waals surface area contributed by atoms with E-state index in [9.17, 15) is 15.0 Å². The number of aromatic hydroxyl groups is 1. The van der Waals surface area contributed by atoms with Crippen molar-refractivity contribution in [3.05, 3.63) is 65.7 Å². The van der Waals surface area contributed by atoms with Crippen LogP contribution in [-0.2, 0) is 14.9 Å². The molecule has 6 nitrogen and oxygen atoms in total. The first-order valence-electron chi connectivity index (χ1n) is 10.8. The largest absolute Gasteiger partial charge is 0.504 e. The van der Waals surface area contributed by atoms with Crippen LogP contribution in [0.4, 0.5) is 0 Å². The smallest absolute Gasteiger partial charge is 0.333 e. The third kappa shape index (κ3) is 8.27. The van der Waals surface area contributed by atoms with Gasteiger partial charge in [-0.25, -0.2) is 4.79 Å². The first-order chi connectivity index (χ1) is 15.2. The average Bonchev–Trinajstić information content (AvgIpc) is 2.76. The average molecular weight is 443 g/mol. The van der Waals surface area contributed by atoms with Crippen molar-refractivity contribution in [2.24, 2.45) is 0 Å². The Morgan fingerprint density at radius 1 is 1.03 bits per heavy atom. The lowest BCUT2D eigenvalue weighted by Gasteiger charge is -2.21. The van der Waals surface area contributed by atoms with Crippen molar-refractivity contribution < 1.29 is 29.2 Å². The van der Waals surface area contributed by atoms with Crippen LogP contribution in [0.5, 0.6) is 17.2 Å². The zero-order chi connectivity index (χ0) is 23.6. The fourth-order valence-electron chi connectivity index (χ4n) is 2.95.